The van der Waals surface area contributed by atoms with E-state index >= 15 is 0 Å². The lowest BCUT2D eigenvalue weighted by molar-refractivity contribution is -0.0200. The average molecular weight is 546 g/mol. The van der Waals surface area contributed by atoms with Gasteiger partial charge in [-0.2, -0.15) is 0 Å². The van der Waals surface area contributed by atoms with E-state index in [1.54, 1.807) is 6.20 Å². The number of pyridine rings is 1. The lowest BCUT2D eigenvalue weighted by Gasteiger charge is -2.53. The summed E-state index contributed by atoms with van der Waals surface area (Å²) in [5, 5.41) is 3.74. The third kappa shape index (κ3) is 6.31. The molecule has 0 saturated carbocycles. The molecule has 6 rings (SSSR count). The van der Waals surface area contributed by atoms with Crippen LogP contribution in [0.4, 0.5) is 16.3 Å². The van der Waals surface area contributed by atoms with Crippen molar-refractivity contribution in [3.05, 3.63) is 77.4 Å². The molecule has 1 aromatic heterocycles. The Hall–Kier alpha value is -3.29. The normalized spacial score (nSPS) is 19.0. The van der Waals surface area contributed by atoms with Gasteiger partial charge in [0, 0.05) is 43.2 Å². The number of benzene rings is 2. The Morgan fingerprint density at radius 3 is 2.41 bits per heavy atom. The quantitative estimate of drug-likeness (QED) is 0.376. The van der Waals surface area contributed by atoms with Crippen molar-refractivity contribution in [2.45, 2.75) is 38.6 Å². The number of amides is 2. The number of carbonyl (C=O) groups excluding carboxylic acids is 1. The molecule has 1 N–H and O–H groups in total. The monoisotopic (exact) mass is 545 g/mol. The van der Waals surface area contributed by atoms with Crippen LogP contribution in [0.15, 0.2) is 66.9 Å². The van der Waals surface area contributed by atoms with Crippen molar-refractivity contribution in [3.8, 4) is 11.5 Å². The van der Waals surface area contributed by atoms with Crippen LogP contribution in [0.25, 0.3) is 0 Å². The Morgan fingerprint density at radius 2 is 1.69 bits per heavy atom. The molecule has 39 heavy (non-hydrogen) atoms. The molecule has 0 unspecified atom stereocenters. The van der Waals surface area contributed by atoms with Crippen molar-refractivity contribution in [2.75, 3.05) is 49.5 Å². The fourth-order valence-electron chi connectivity index (χ4n) is 5.99. The van der Waals surface area contributed by atoms with Gasteiger partial charge in [-0.15, -0.1) is 0 Å². The molecule has 3 aliphatic heterocycles. The van der Waals surface area contributed by atoms with Gasteiger partial charge in [0.25, 0.3) is 0 Å². The zero-order valence-corrected chi connectivity index (χ0v) is 23.1. The Kier molecular flexibility index (Phi) is 7.62. The molecule has 2 aromatic carbocycles. The van der Waals surface area contributed by atoms with Crippen LogP contribution in [0.1, 0.15) is 37.7 Å². The molecule has 4 heterocycles. The summed E-state index contributed by atoms with van der Waals surface area (Å²) in [6, 6.07) is 19.7. The van der Waals surface area contributed by atoms with Crippen LogP contribution in [-0.2, 0) is 6.54 Å². The van der Waals surface area contributed by atoms with Crippen molar-refractivity contribution in [2.24, 2.45) is 5.41 Å². The minimum Gasteiger partial charge on any atom is -0.457 e. The van der Waals surface area contributed by atoms with Gasteiger partial charge in [-0.25, -0.2) is 9.78 Å². The molecule has 0 bridgehead atoms. The molecule has 3 aromatic rings. The van der Waals surface area contributed by atoms with Crippen molar-refractivity contribution < 1.29 is 9.53 Å². The summed E-state index contributed by atoms with van der Waals surface area (Å²) in [4.78, 5) is 24.2. The topological polar surface area (TPSA) is 60.9 Å². The maximum atomic E-state index is 12.8. The van der Waals surface area contributed by atoms with E-state index in [0.29, 0.717) is 5.02 Å². The lowest BCUT2D eigenvalue weighted by atomic mass is 9.72. The first-order valence-corrected chi connectivity index (χ1v) is 14.4. The van der Waals surface area contributed by atoms with Crippen LogP contribution >= 0.6 is 11.6 Å². The van der Waals surface area contributed by atoms with Gasteiger partial charge in [0.15, 0.2) is 0 Å². The zero-order chi connectivity index (χ0) is 26.7. The van der Waals surface area contributed by atoms with Crippen molar-refractivity contribution >= 4 is 29.1 Å². The molecule has 8 heteroatoms. The number of ether oxygens (including phenoxy) is 1. The molecule has 2 amide bonds. The van der Waals surface area contributed by atoms with E-state index in [9.17, 15) is 4.79 Å². The third-order valence-corrected chi connectivity index (χ3v) is 8.54. The summed E-state index contributed by atoms with van der Waals surface area (Å²) < 4.78 is 6.01. The molecule has 3 saturated heterocycles. The molecule has 3 aliphatic rings. The average Bonchev–Trinajstić information content (AvgIpc) is 2.95. The number of hydrogen-bond acceptors (Lipinski definition) is 5. The maximum absolute atomic E-state index is 12.8. The van der Waals surface area contributed by atoms with Crippen LogP contribution in [0.3, 0.4) is 0 Å². The summed E-state index contributed by atoms with van der Waals surface area (Å²) in [5.41, 5.74) is 2.26. The highest BCUT2D eigenvalue weighted by Crippen LogP contribution is 2.41. The Balaban J connectivity index is 0.950. The second-order valence-corrected chi connectivity index (χ2v) is 11.7. The summed E-state index contributed by atoms with van der Waals surface area (Å²) in [6.07, 6.45) is 7.76. The van der Waals surface area contributed by atoms with Crippen LogP contribution < -0.4 is 15.0 Å². The molecular weight excluding hydrogens is 510 g/mol. The van der Waals surface area contributed by atoms with E-state index in [4.69, 9.17) is 16.3 Å². The van der Waals surface area contributed by atoms with E-state index in [-0.39, 0.29) is 11.4 Å². The first kappa shape index (κ1) is 26.0. The number of urea groups is 1. The summed E-state index contributed by atoms with van der Waals surface area (Å²) >= 11 is 5.98. The van der Waals surface area contributed by atoms with Crippen LogP contribution in [0.5, 0.6) is 11.5 Å². The van der Waals surface area contributed by atoms with E-state index < -0.39 is 0 Å². The van der Waals surface area contributed by atoms with E-state index in [1.807, 2.05) is 53.4 Å². The number of piperidine rings is 2. The number of likely N-dealkylation sites (tertiary alicyclic amines) is 2. The Morgan fingerprint density at radius 1 is 0.923 bits per heavy atom. The van der Waals surface area contributed by atoms with Crippen molar-refractivity contribution in [1.82, 2.24) is 14.8 Å². The fourth-order valence-corrected chi connectivity index (χ4v) is 6.11. The fraction of sp³-hybridized carbons (Fsp3) is 0.419. The lowest BCUT2D eigenvalue weighted by Crippen LogP contribution is -2.62. The van der Waals surface area contributed by atoms with Gasteiger partial charge in [0.2, 0.25) is 0 Å². The smallest absolute Gasteiger partial charge is 0.321 e. The summed E-state index contributed by atoms with van der Waals surface area (Å²) in [5.74, 6) is 2.62. The molecule has 0 radical (unpaired) electrons. The first-order chi connectivity index (χ1) is 19.0. The summed E-state index contributed by atoms with van der Waals surface area (Å²) in [7, 11) is 0. The Bertz CT molecular complexity index is 1260. The van der Waals surface area contributed by atoms with E-state index in [1.165, 1.54) is 24.8 Å². The summed E-state index contributed by atoms with van der Waals surface area (Å²) in [6.45, 7) is 6.78. The highest BCUT2D eigenvalue weighted by Gasteiger charge is 2.46. The number of rotatable bonds is 6. The largest absolute Gasteiger partial charge is 0.457 e. The number of aromatic nitrogens is 1. The molecule has 0 aliphatic carbocycles. The predicted octanol–water partition coefficient (Wildman–Crippen LogP) is 6.65. The van der Waals surface area contributed by atoms with Crippen molar-refractivity contribution in [3.63, 3.8) is 0 Å². The molecular formula is C31H36ClN5O2. The van der Waals surface area contributed by atoms with Crippen LogP contribution in [0, 0.1) is 5.41 Å². The maximum Gasteiger partial charge on any atom is 0.321 e. The van der Waals surface area contributed by atoms with Gasteiger partial charge in [-0.1, -0.05) is 23.7 Å². The van der Waals surface area contributed by atoms with Crippen LogP contribution in [-0.4, -0.2) is 60.1 Å². The van der Waals surface area contributed by atoms with Gasteiger partial charge >= 0.3 is 6.03 Å². The minimum atomic E-state index is -0.0203. The molecule has 7 nitrogen and oxygen atoms in total. The number of halogens is 1. The third-order valence-electron chi connectivity index (χ3n) is 8.29. The highest BCUT2D eigenvalue weighted by atomic mass is 35.5. The number of carbonyl (C=O) groups is 1. The molecule has 0 atom stereocenters. The standard InChI is InChI=1S/C31H36ClN5O2/c32-25-7-10-27(11-8-25)39-28-6-4-5-24(19-28)21-35-17-13-31(14-18-35)22-37(23-31)30(38)34-26-9-12-29(33-20-26)36-15-2-1-3-16-36/h4-12,19-20H,1-3,13-18,21-23H2,(H,34,38). The van der Waals surface area contributed by atoms with E-state index in [2.05, 4.69) is 32.2 Å². The van der Waals surface area contributed by atoms with Gasteiger partial charge in [0.1, 0.15) is 17.3 Å². The number of nitrogens with zero attached hydrogens (tertiary/aromatic N) is 4. The zero-order valence-electron chi connectivity index (χ0n) is 22.3. The first-order valence-electron chi connectivity index (χ1n) is 14.1. The number of nitrogens with one attached hydrogen (secondary N) is 1. The molecule has 1 spiro atoms. The van der Waals surface area contributed by atoms with Crippen LogP contribution in [0.2, 0.25) is 5.02 Å². The second-order valence-electron chi connectivity index (χ2n) is 11.2. The Labute approximate surface area is 235 Å². The van der Waals surface area contributed by atoms with Gasteiger partial charge in [-0.05, 0) is 99.3 Å². The minimum absolute atomic E-state index is 0.0203. The number of anilines is 2. The second kappa shape index (κ2) is 11.4. The van der Waals surface area contributed by atoms with E-state index in [0.717, 1.165) is 81.7 Å². The van der Waals surface area contributed by atoms with Gasteiger partial charge in [0.05, 0.1) is 11.9 Å². The number of hydrogen-bond donors (Lipinski definition) is 1. The van der Waals surface area contributed by atoms with Gasteiger partial charge in [-0.3, -0.25) is 4.90 Å². The van der Waals surface area contributed by atoms with Gasteiger partial charge < -0.3 is 19.9 Å². The van der Waals surface area contributed by atoms with Crippen molar-refractivity contribution in [1.29, 1.82) is 0 Å². The molecule has 204 valence electrons. The predicted molar refractivity (Wildman–Crippen MR) is 156 cm³/mol. The molecule has 3 fully saturated rings. The SMILES string of the molecule is O=C(Nc1ccc(N2CCCCC2)nc1)N1CC2(CCN(Cc3cccc(Oc4ccc(Cl)cc4)c3)CC2)C1. The highest BCUT2D eigenvalue weighted by molar-refractivity contribution is 6.30.